The van der Waals surface area contributed by atoms with E-state index >= 15 is 0 Å². The summed E-state index contributed by atoms with van der Waals surface area (Å²) in [4.78, 5) is 36.4. The number of benzene rings is 1. The maximum Gasteiger partial charge on any atom is 0.573 e. The fourth-order valence-corrected chi connectivity index (χ4v) is 2.05. The molecule has 0 aliphatic rings. The van der Waals surface area contributed by atoms with Crippen LogP contribution in [0.4, 0.5) is 13.2 Å². The van der Waals surface area contributed by atoms with Gasteiger partial charge >= 0.3 is 12.1 Å². The standard InChI is InChI=1S/C15H14F3N3O4/c1-9(10-2-4-11(5-3-10)25-15(16,17)18)19-13(23)8-21-7-6-12(22)20-14(21)24/h2-7,9H,8H2,1H3,(H,19,23)(H,20,22,24). The Labute approximate surface area is 139 Å². The molecule has 0 fully saturated rings. The minimum atomic E-state index is -4.77. The smallest absolute Gasteiger partial charge is 0.406 e. The molecule has 2 rings (SSSR count). The number of hydrogen-bond donors (Lipinski definition) is 2. The number of nitrogens with one attached hydrogen (secondary N) is 2. The lowest BCUT2D eigenvalue weighted by atomic mass is 10.1. The molecule has 0 aliphatic heterocycles. The molecule has 1 amide bonds. The minimum absolute atomic E-state index is 0.310. The lowest BCUT2D eigenvalue weighted by Gasteiger charge is -2.16. The van der Waals surface area contributed by atoms with Gasteiger partial charge in [-0.3, -0.25) is 19.1 Å². The maximum absolute atomic E-state index is 12.1. The summed E-state index contributed by atoms with van der Waals surface area (Å²) in [5.74, 6) is -0.869. The second-order valence-corrected chi connectivity index (χ2v) is 5.14. The van der Waals surface area contributed by atoms with Gasteiger partial charge in [0.1, 0.15) is 12.3 Å². The summed E-state index contributed by atoms with van der Waals surface area (Å²) in [5.41, 5.74) is -0.739. The minimum Gasteiger partial charge on any atom is -0.406 e. The highest BCUT2D eigenvalue weighted by Gasteiger charge is 2.31. The van der Waals surface area contributed by atoms with E-state index in [9.17, 15) is 27.6 Å². The Bertz CT molecular complexity index is 856. The van der Waals surface area contributed by atoms with Gasteiger partial charge in [0.05, 0.1) is 6.04 Å². The summed E-state index contributed by atoms with van der Waals surface area (Å²) in [6, 6.07) is 5.65. The molecule has 1 heterocycles. The fourth-order valence-electron chi connectivity index (χ4n) is 2.05. The Balaban J connectivity index is 1.98. The number of H-pyrrole nitrogens is 1. The van der Waals surface area contributed by atoms with Gasteiger partial charge < -0.3 is 10.1 Å². The number of carbonyl (C=O) groups is 1. The number of carbonyl (C=O) groups excluding carboxylic acids is 1. The molecular formula is C15H14F3N3O4. The average Bonchev–Trinajstić information content (AvgIpc) is 2.49. The molecule has 0 saturated carbocycles. The summed E-state index contributed by atoms with van der Waals surface area (Å²) >= 11 is 0. The number of ether oxygens (including phenoxy) is 1. The first-order valence-electron chi connectivity index (χ1n) is 7.09. The summed E-state index contributed by atoms with van der Waals surface area (Å²) in [5, 5.41) is 2.60. The van der Waals surface area contributed by atoms with Crippen LogP contribution in [0.2, 0.25) is 0 Å². The molecule has 0 spiro atoms. The van der Waals surface area contributed by atoms with Gasteiger partial charge in [-0.25, -0.2) is 4.79 Å². The van der Waals surface area contributed by atoms with Crippen LogP contribution in [-0.4, -0.2) is 21.8 Å². The van der Waals surface area contributed by atoms with Crippen molar-refractivity contribution >= 4 is 5.91 Å². The van der Waals surface area contributed by atoms with E-state index in [4.69, 9.17) is 0 Å². The fraction of sp³-hybridized carbons (Fsp3) is 0.267. The van der Waals surface area contributed by atoms with Gasteiger partial charge in [-0.1, -0.05) is 12.1 Å². The number of aromatic amines is 1. The highest BCUT2D eigenvalue weighted by molar-refractivity contribution is 5.76. The predicted octanol–water partition coefficient (Wildman–Crippen LogP) is 1.31. The van der Waals surface area contributed by atoms with Crippen molar-refractivity contribution in [3.63, 3.8) is 0 Å². The van der Waals surface area contributed by atoms with Crippen molar-refractivity contribution in [1.29, 1.82) is 0 Å². The Morgan fingerprint density at radius 2 is 1.88 bits per heavy atom. The molecule has 25 heavy (non-hydrogen) atoms. The molecule has 7 nitrogen and oxygen atoms in total. The van der Waals surface area contributed by atoms with Gasteiger partial charge in [0.2, 0.25) is 5.91 Å². The van der Waals surface area contributed by atoms with Crippen LogP contribution in [0.1, 0.15) is 18.5 Å². The van der Waals surface area contributed by atoms with Gasteiger partial charge in [0, 0.05) is 12.3 Å². The van der Waals surface area contributed by atoms with E-state index in [2.05, 4.69) is 10.1 Å². The van der Waals surface area contributed by atoms with Crippen molar-refractivity contribution in [2.75, 3.05) is 0 Å². The average molecular weight is 357 g/mol. The predicted molar refractivity (Wildman–Crippen MR) is 81.0 cm³/mol. The highest BCUT2D eigenvalue weighted by Crippen LogP contribution is 2.24. The lowest BCUT2D eigenvalue weighted by Crippen LogP contribution is -2.36. The normalized spacial score (nSPS) is 12.5. The van der Waals surface area contributed by atoms with Gasteiger partial charge in [-0.2, -0.15) is 0 Å². The number of nitrogens with zero attached hydrogens (tertiary/aromatic N) is 1. The van der Waals surface area contributed by atoms with Gasteiger partial charge in [0.25, 0.3) is 5.56 Å². The molecule has 1 aromatic carbocycles. The molecule has 2 N–H and O–H groups in total. The summed E-state index contributed by atoms with van der Waals surface area (Å²) in [6.45, 7) is 1.32. The van der Waals surface area contributed by atoms with Crippen LogP contribution >= 0.6 is 0 Å². The first kappa shape index (κ1) is 18.3. The largest absolute Gasteiger partial charge is 0.573 e. The van der Waals surface area contributed by atoms with Gasteiger partial charge in [0.15, 0.2) is 0 Å². The molecule has 0 aliphatic carbocycles. The van der Waals surface area contributed by atoms with Crippen LogP contribution in [0.15, 0.2) is 46.1 Å². The zero-order chi connectivity index (χ0) is 18.6. The molecule has 0 radical (unpaired) electrons. The summed E-state index contributed by atoms with van der Waals surface area (Å²) in [6.07, 6.45) is -3.58. The zero-order valence-corrected chi connectivity index (χ0v) is 13.0. The van der Waals surface area contributed by atoms with Crippen molar-refractivity contribution in [3.05, 3.63) is 62.9 Å². The Kier molecular flexibility index (Phi) is 5.30. The number of halogens is 3. The Hall–Kier alpha value is -3.04. The third-order valence-corrected chi connectivity index (χ3v) is 3.20. The van der Waals surface area contributed by atoms with E-state index in [0.717, 1.165) is 22.8 Å². The number of hydrogen-bond acceptors (Lipinski definition) is 4. The van der Waals surface area contributed by atoms with Crippen LogP contribution in [0, 0.1) is 0 Å². The highest BCUT2D eigenvalue weighted by atomic mass is 19.4. The second kappa shape index (κ2) is 7.24. The number of alkyl halides is 3. The van der Waals surface area contributed by atoms with Gasteiger partial charge in [-0.05, 0) is 24.6 Å². The van der Waals surface area contributed by atoms with Crippen LogP contribution in [-0.2, 0) is 11.3 Å². The van der Waals surface area contributed by atoms with E-state index < -0.39 is 29.6 Å². The molecule has 0 bridgehead atoms. The Morgan fingerprint density at radius 1 is 1.24 bits per heavy atom. The SMILES string of the molecule is CC(NC(=O)Cn1ccc(=O)[nH]c1=O)c1ccc(OC(F)(F)F)cc1. The number of amides is 1. The molecule has 1 atom stereocenters. The number of rotatable bonds is 5. The van der Waals surface area contributed by atoms with Crippen molar-refractivity contribution in [2.24, 2.45) is 0 Å². The molecule has 10 heteroatoms. The molecule has 2 aromatic rings. The van der Waals surface area contributed by atoms with Crippen LogP contribution < -0.4 is 21.3 Å². The van der Waals surface area contributed by atoms with E-state index in [1.54, 1.807) is 6.92 Å². The number of aromatic nitrogens is 2. The summed E-state index contributed by atoms with van der Waals surface area (Å²) in [7, 11) is 0. The van der Waals surface area contributed by atoms with Crippen LogP contribution in [0.3, 0.4) is 0 Å². The second-order valence-electron chi connectivity index (χ2n) is 5.14. The van der Waals surface area contributed by atoms with Crippen molar-refractivity contribution in [3.8, 4) is 5.75 Å². The monoisotopic (exact) mass is 357 g/mol. The van der Waals surface area contributed by atoms with Crippen LogP contribution in [0.5, 0.6) is 5.75 Å². The van der Waals surface area contributed by atoms with E-state index in [-0.39, 0.29) is 12.3 Å². The molecule has 1 aromatic heterocycles. The molecule has 134 valence electrons. The topological polar surface area (TPSA) is 93.2 Å². The van der Waals surface area contributed by atoms with Crippen LogP contribution in [0.25, 0.3) is 0 Å². The lowest BCUT2D eigenvalue weighted by molar-refractivity contribution is -0.274. The van der Waals surface area contributed by atoms with Crippen molar-refractivity contribution in [1.82, 2.24) is 14.9 Å². The maximum atomic E-state index is 12.1. The molecule has 1 unspecified atom stereocenters. The van der Waals surface area contributed by atoms with Crippen molar-refractivity contribution in [2.45, 2.75) is 25.9 Å². The quantitative estimate of drug-likeness (QED) is 0.844. The third kappa shape index (κ3) is 5.52. The molecule has 0 saturated heterocycles. The first-order chi connectivity index (χ1) is 11.6. The van der Waals surface area contributed by atoms with Crippen molar-refractivity contribution < 1.29 is 22.7 Å². The van der Waals surface area contributed by atoms with E-state index in [1.807, 2.05) is 4.98 Å². The first-order valence-corrected chi connectivity index (χ1v) is 7.09. The third-order valence-electron chi connectivity index (χ3n) is 3.20. The Morgan fingerprint density at radius 3 is 2.44 bits per heavy atom. The zero-order valence-electron chi connectivity index (χ0n) is 13.0. The summed E-state index contributed by atoms with van der Waals surface area (Å²) < 4.78 is 41.1. The van der Waals surface area contributed by atoms with Gasteiger partial charge in [-0.15, -0.1) is 13.2 Å². The molecular weight excluding hydrogens is 343 g/mol. The van der Waals surface area contributed by atoms with E-state index in [1.165, 1.54) is 18.3 Å². The van der Waals surface area contributed by atoms with E-state index in [0.29, 0.717) is 5.56 Å².